The van der Waals surface area contributed by atoms with Crippen LogP contribution < -0.4 is 4.90 Å². The summed E-state index contributed by atoms with van der Waals surface area (Å²) in [7, 11) is 4.21. The minimum Gasteiger partial charge on any atom is -0.356 e. The van der Waals surface area contributed by atoms with Gasteiger partial charge >= 0.3 is 0 Å². The molecule has 2 aromatic rings. The molecule has 1 saturated heterocycles. The number of carbonyl (C=O) groups excluding carboxylic acids is 1. The summed E-state index contributed by atoms with van der Waals surface area (Å²) < 4.78 is 0. The molecule has 1 aliphatic rings. The van der Waals surface area contributed by atoms with E-state index in [0.717, 1.165) is 48.9 Å². The lowest BCUT2D eigenvalue weighted by Gasteiger charge is -2.36. The Bertz CT molecular complexity index is 648. The number of carbonyl (C=O) groups is 1. The van der Waals surface area contributed by atoms with Crippen molar-refractivity contribution in [1.82, 2.24) is 9.88 Å². The molecular formula is C17H21N3O. The average molecular weight is 283 g/mol. The van der Waals surface area contributed by atoms with Crippen LogP contribution in [0, 0.1) is 0 Å². The summed E-state index contributed by atoms with van der Waals surface area (Å²) in [6, 6.07) is 10.3. The number of likely N-dealkylation sites (tertiary alicyclic amines) is 1. The summed E-state index contributed by atoms with van der Waals surface area (Å²) in [6.45, 7) is 2.19. The van der Waals surface area contributed by atoms with E-state index >= 15 is 0 Å². The maximum Gasteiger partial charge on any atom is 0.153 e. The van der Waals surface area contributed by atoms with E-state index in [1.165, 1.54) is 0 Å². The van der Waals surface area contributed by atoms with Gasteiger partial charge in [-0.25, -0.2) is 4.98 Å². The van der Waals surface area contributed by atoms with E-state index in [2.05, 4.69) is 23.9 Å². The standard InChI is InChI=1S/C17H21N3O/c1-19-9-7-15(8-10-19)20(2)17-14(12-21)11-13-5-3-4-6-16(13)18-17/h3-6,11-12,15H,7-10H2,1-2H3. The van der Waals surface area contributed by atoms with Gasteiger partial charge in [0.2, 0.25) is 0 Å². The smallest absolute Gasteiger partial charge is 0.153 e. The van der Waals surface area contributed by atoms with Crippen molar-refractivity contribution in [2.75, 3.05) is 32.1 Å². The summed E-state index contributed by atoms with van der Waals surface area (Å²) >= 11 is 0. The molecule has 2 heterocycles. The van der Waals surface area contributed by atoms with Crippen LogP contribution >= 0.6 is 0 Å². The fraction of sp³-hybridized carbons (Fsp3) is 0.412. The highest BCUT2D eigenvalue weighted by atomic mass is 16.1. The van der Waals surface area contributed by atoms with Gasteiger partial charge in [0, 0.05) is 18.5 Å². The first kappa shape index (κ1) is 14.0. The molecule has 0 unspecified atom stereocenters. The fourth-order valence-corrected chi connectivity index (χ4v) is 3.05. The third-order valence-electron chi connectivity index (χ3n) is 4.43. The lowest BCUT2D eigenvalue weighted by molar-refractivity contribution is 0.112. The Labute approximate surface area is 125 Å². The summed E-state index contributed by atoms with van der Waals surface area (Å²) in [5, 5.41) is 1.01. The molecule has 0 radical (unpaired) electrons. The molecule has 1 aromatic heterocycles. The van der Waals surface area contributed by atoms with E-state index in [4.69, 9.17) is 4.98 Å². The highest BCUT2D eigenvalue weighted by molar-refractivity contribution is 5.91. The number of para-hydroxylation sites is 1. The van der Waals surface area contributed by atoms with Gasteiger partial charge in [-0.1, -0.05) is 18.2 Å². The molecule has 21 heavy (non-hydrogen) atoms. The van der Waals surface area contributed by atoms with E-state index in [1.54, 1.807) is 0 Å². The molecule has 1 fully saturated rings. The number of nitrogens with zero attached hydrogens (tertiary/aromatic N) is 3. The van der Waals surface area contributed by atoms with Crippen LogP contribution in [0.3, 0.4) is 0 Å². The Morgan fingerprint density at radius 3 is 2.71 bits per heavy atom. The molecule has 0 amide bonds. The largest absolute Gasteiger partial charge is 0.356 e. The van der Waals surface area contributed by atoms with Crippen LogP contribution in [0.25, 0.3) is 10.9 Å². The Kier molecular flexibility index (Phi) is 3.88. The minimum atomic E-state index is 0.452. The first-order valence-electron chi connectivity index (χ1n) is 7.45. The maximum absolute atomic E-state index is 11.4. The van der Waals surface area contributed by atoms with Crippen molar-refractivity contribution in [2.24, 2.45) is 0 Å². The number of hydrogen-bond donors (Lipinski definition) is 0. The molecule has 0 saturated carbocycles. The zero-order valence-corrected chi connectivity index (χ0v) is 12.6. The van der Waals surface area contributed by atoms with E-state index in [-0.39, 0.29) is 0 Å². The van der Waals surface area contributed by atoms with Gasteiger partial charge in [0.15, 0.2) is 6.29 Å². The molecular weight excluding hydrogens is 262 g/mol. The van der Waals surface area contributed by atoms with Crippen LogP contribution in [0.2, 0.25) is 0 Å². The van der Waals surface area contributed by atoms with E-state index < -0.39 is 0 Å². The molecule has 110 valence electrons. The second-order valence-electron chi connectivity index (χ2n) is 5.86. The van der Waals surface area contributed by atoms with Crippen molar-refractivity contribution < 1.29 is 4.79 Å². The van der Waals surface area contributed by atoms with E-state index in [9.17, 15) is 4.79 Å². The van der Waals surface area contributed by atoms with Gasteiger partial charge in [-0.3, -0.25) is 4.79 Å². The van der Waals surface area contributed by atoms with Crippen LogP contribution in [-0.4, -0.2) is 49.4 Å². The van der Waals surface area contributed by atoms with Gasteiger partial charge in [0.05, 0.1) is 11.1 Å². The van der Waals surface area contributed by atoms with Crippen molar-refractivity contribution in [2.45, 2.75) is 18.9 Å². The van der Waals surface area contributed by atoms with Crippen LogP contribution in [0.5, 0.6) is 0 Å². The van der Waals surface area contributed by atoms with Crippen LogP contribution in [-0.2, 0) is 0 Å². The van der Waals surface area contributed by atoms with Crippen molar-refractivity contribution in [3.05, 3.63) is 35.9 Å². The first-order valence-corrected chi connectivity index (χ1v) is 7.45. The monoisotopic (exact) mass is 283 g/mol. The number of fused-ring (bicyclic) bond motifs is 1. The Hall–Kier alpha value is -1.94. The molecule has 1 aromatic carbocycles. The van der Waals surface area contributed by atoms with Crippen molar-refractivity contribution >= 4 is 23.0 Å². The van der Waals surface area contributed by atoms with Crippen molar-refractivity contribution in [1.29, 1.82) is 0 Å². The zero-order chi connectivity index (χ0) is 14.8. The lowest BCUT2D eigenvalue weighted by Crippen LogP contribution is -2.42. The highest BCUT2D eigenvalue weighted by Crippen LogP contribution is 2.26. The predicted octanol–water partition coefficient (Wildman–Crippen LogP) is 2.58. The van der Waals surface area contributed by atoms with Gasteiger partial charge in [-0.15, -0.1) is 0 Å². The Balaban J connectivity index is 1.96. The summed E-state index contributed by atoms with van der Waals surface area (Å²) in [5.74, 6) is 0.804. The quantitative estimate of drug-likeness (QED) is 0.811. The second kappa shape index (κ2) is 5.82. The molecule has 0 N–H and O–H groups in total. The fourth-order valence-electron chi connectivity index (χ4n) is 3.05. The molecule has 1 aliphatic heterocycles. The zero-order valence-electron chi connectivity index (χ0n) is 12.6. The van der Waals surface area contributed by atoms with Gasteiger partial charge in [0.1, 0.15) is 5.82 Å². The third-order valence-corrected chi connectivity index (χ3v) is 4.43. The number of aldehydes is 1. The SMILES string of the molecule is CN1CCC(N(C)c2nc3ccccc3cc2C=O)CC1. The molecule has 0 aliphatic carbocycles. The van der Waals surface area contributed by atoms with Crippen molar-refractivity contribution in [3.63, 3.8) is 0 Å². The van der Waals surface area contributed by atoms with Crippen LogP contribution in [0.1, 0.15) is 23.2 Å². The number of hydrogen-bond acceptors (Lipinski definition) is 4. The number of pyridine rings is 1. The number of benzene rings is 1. The summed E-state index contributed by atoms with van der Waals surface area (Å²) in [5.41, 5.74) is 1.62. The molecule has 4 nitrogen and oxygen atoms in total. The number of anilines is 1. The Morgan fingerprint density at radius 1 is 1.29 bits per heavy atom. The average Bonchev–Trinajstić information content (AvgIpc) is 2.53. The topological polar surface area (TPSA) is 36.4 Å². The summed E-state index contributed by atoms with van der Waals surface area (Å²) in [6.07, 6.45) is 3.14. The molecule has 0 atom stereocenters. The van der Waals surface area contributed by atoms with Crippen LogP contribution in [0.15, 0.2) is 30.3 Å². The molecule has 4 heteroatoms. The maximum atomic E-state index is 11.4. The van der Waals surface area contributed by atoms with Crippen LogP contribution in [0.4, 0.5) is 5.82 Å². The lowest BCUT2D eigenvalue weighted by atomic mass is 10.0. The minimum absolute atomic E-state index is 0.452. The molecule has 0 bridgehead atoms. The third kappa shape index (κ3) is 2.76. The normalized spacial score (nSPS) is 17.0. The van der Waals surface area contributed by atoms with E-state index in [0.29, 0.717) is 11.6 Å². The molecule has 3 rings (SSSR count). The Morgan fingerprint density at radius 2 is 2.00 bits per heavy atom. The molecule has 0 spiro atoms. The van der Waals surface area contributed by atoms with Gasteiger partial charge in [0.25, 0.3) is 0 Å². The summed E-state index contributed by atoms with van der Waals surface area (Å²) in [4.78, 5) is 20.7. The predicted molar refractivity (Wildman–Crippen MR) is 86.1 cm³/mol. The van der Waals surface area contributed by atoms with Crippen molar-refractivity contribution in [3.8, 4) is 0 Å². The first-order chi connectivity index (χ1) is 10.2. The number of aromatic nitrogens is 1. The van der Waals surface area contributed by atoms with Gasteiger partial charge in [-0.05, 0) is 45.1 Å². The number of piperidine rings is 1. The highest BCUT2D eigenvalue weighted by Gasteiger charge is 2.23. The van der Waals surface area contributed by atoms with E-state index in [1.807, 2.05) is 30.3 Å². The van der Waals surface area contributed by atoms with Gasteiger partial charge in [-0.2, -0.15) is 0 Å². The van der Waals surface area contributed by atoms with Gasteiger partial charge < -0.3 is 9.80 Å². The number of rotatable bonds is 3. The second-order valence-corrected chi connectivity index (χ2v) is 5.86.